The third-order valence-corrected chi connectivity index (χ3v) is 3.26. The SMILES string of the molecule is Cn1c(=O)n(CCCN)c(=O)c2cccc(C(F)(F)F)c21. The zero-order valence-electron chi connectivity index (χ0n) is 11.3. The van der Waals surface area contributed by atoms with Gasteiger partial charge < -0.3 is 5.73 Å². The topological polar surface area (TPSA) is 70.0 Å². The fraction of sp³-hybridized carbons (Fsp3) is 0.385. The quantitative estimate of drug-likeness (QED) is 0.922. The second-order valence-electron chi connectivity index (χ2n) is 4.64. The van der Waals surface area contributed by atoms with Crippen LogP contribution in [0.15, 0.2) is 27.8 Å². The van der Waals surface area contributed by atoms with Crippen LogP contribution in [0.25, 0.3) is 10.9 Å². The molecular formula is C13H14F3N3O2. The summed E-state index contributed by atoms with van der Waals surface area (Å²) in [6.07, 6.45) is -4.25. The largest absolute Gasteiger partial charge is 0.418 e. The highest BCUT2D eigenvalue weighted by molar-refractivity contribution is 5.81. The molecule has 0 aliphatic heterocycles. The van der Waals surface area contributed by atoms with E-state index in [-0.39, 0.29) is 18.5 Å². The number of aromatic nitrogens is 2. The summed E-state index contributed by atoms with van der Waals surface area (Å²) in [7, 11) is 1.22. The van der Waals surface area contributed by atoms with Gasteiger partial charge in [0, 0.05) is 13.6 Å². The minimum absolute atomic E-state index is 0.0776. The van der Waals surface area contributed by atoms with Crippen LogP contribution in [0.5, 0.6) is 0 Å². The van der Waals surface area contributed by atoms with E-state index in [9.17, 15) is 22.8 Å². The van der Waals surface area contributed by atoms with Crippen molar-refractivity contribution in [3.05, 3.63) is 44.6 Å². The highest BCUT2D eigenvalue weighted by Gasteiger charge is 2.34. The molecule has 21 heavy (non-hydrogen) atoms. The van der Waals surface area contributed by atoms with Crippen molar-refractivity contribution >= 4 is 10.9 Å². The van der Waals surface area contributed by atoms with Gasteiger partial charge >= 0.3 is 11.9 Å². The monoisotopic (exact) mass is 301 g/mol. The Hall–Kier alpha value is -2.09. The third kappa shape index (κ3) is 2.58. The van der Waals surface area contributed by atoms with Crippen LogP contribution in [0, 0.1) is 0 Å². The summed E-state index contributed by atoms with van der Waals surface area (Å²) in [4.78, 5) is 24.3. The summed E-state index contributed by atoms with van der Waals surface area (Å²) in [5.74, 6) is 0. The van der Waals surface area contributed by atoms with E-state index >= 15 is 0 Å². The number of halogens is 3. The van der Waals surface area contributed by atoms with E-state index in [1.807, 2.05) is 0 Å². The first-order chi connectivity index (χ1) is 9.79. The van der Waals surface area contributed by atoms with Crippen LogP contribution in [-0.2, 0) is 19.8 Å². The maximum atomic E-state index is 13.0. The van der Waals surface area contributed by atoms with E-state index in [0.29, 0.717) is 6.42 Å². The van der Waals surface area contributed by atoms with E-state index in [1.165, 1.54) is 13.1 Å². The fourth-order valence-electron chi connectivity index (χ4n) is 2.26. The van der Waals surface area contributed by atoms with Crippen molar-refractivity contribution in [2.45, 2.75) is 19.1 Å². The predicted molar refractivity (Wildman–Crippen MR) is 72.1 cm³/mol. The number of para-hydroxylation sites is 1. The van der Waals surface area contributed by atoms with Crippen molar-refractivity contribution in [1.82, 2.24) is 9.13 Å². The van der Waals surface area contributed by atoms with Crippen molar-refractivity contribution in [2.24, 2.45) is 12.8 Å². The van der Waals surface area contributed by atoms with Gasteiger partial charge in [0.15, 0.2) is 0 Å². The molecule has 0 aliphatic rings. The van der Waals surface area contributed by atoms with Gasteiger partial charge in [0.25, 0.3) is 5.56 Å². The van der Waals surface area contributed by atoms with Crippen LogP contribution in [-0.4, -0.2) is 15.7 Å². The zero-order valence-corrected chi connectivity index (χ0v) is 11.3. The van der Waals surface area contributed by atoms with Crippen molar-refractivity contribution in [3.8, 4) is 0 Å². The van der Waals surface area contributed by atoms with Crippen molar-refractivity contribution in [1.29, 1.82) is 0 Å². The first-order valence-electron chi connectivity index (χ1n) is 6.29. The van der Waals surface area contributed by atoms with Crippen LogP contribution < -0.4 is 17.0 Å². The maximum absolute atomic E-state index is 13.0. The molecule has 8 heteroatoms. The molecule has 5 nitrogen and oxygen atoms in total. The lowest BCUT2D eigenvalue weighted by Crippen LogP contribution is -2.40. The average molecular weight is 301 g/mol. The highest BCUT2D eigenvalue weighted by atomic mass is 19.4. The Labute approximate surface area is 117 Å². The van der Waals surface area contributed by atoms with E-state index in [2.05, 4.69) is 0 Å². The second-order valence-corrected chi connectivity index (χ2v) is 4.64. The predicted octanol–water partition coefficient (Wildman–Crippen LogP) is 1.07. The molecule has 0 saturated heterocycles. The molecular weight excluding hydrogens is 287 g/mol. The number of nitrogens with zero attached hydrogens (tertiary/aromatic N) is 2. The summed E-state index contributed by atoms with van der Waals surface area (Å²) in [5.41, 5.74) is 2.43. The Balaban J connectivity index is 2.89. The number of alkyl halides is 3. The van der Waals surface area contributed by atoms with Gasteiger partial charge in [-0.1, -0.05) is 6.07 Å². The summed E-state index contributed by atoms with van der Waals surface area (Å²) >= 11 is 0. The molecule has 1 aromatic carbocycles. The van der Waals surface area contributed by atoms with Crippen LogP contribution in [0.3, 0.4) is 0 Å². The van der Waals surface area contributed by atoms with E-state index in [1.54, 1.807) is 0 Å². The van der Waals surface area contributed by atoms with Crippen molar-refractivity contribution < 1.29 is 13.2 Å². The van der Waals surface area contributed by atoms with Crippen molar-refractivity contribution in [3.63, 3.8) is 0 Å². The number of hydrogen-bond donors (Lipinski definition) is 1. The Kier molecular flexibility index (Phi) is 3.91. The van der Waals surface area contributed by atoms with Gasteiger partial charge in [-0.25, -0.2) is 4.79 Å². The molecule has 1 aromatic heterocycles. The lowest BCUT2D eigenvalue weighted by Gasteiger charge is -2.15. The van der Waals surface area contributed by atoms with Gasteiger partial charge in [0.2, 0.25) is 0 Å². The Morgan fingerprint density at radius 2 is 1.90 bits per heavy atom. The number of hydrogen-bond acceptors (Lipinski definition) is 3. The second kappa shape index (κ2) is 5.36. The molecule has 2 aromatic rings. The van der Waals surface area contributed by atoms with Crippen molar-refractivity contribution in [2.75, 3.05) is 6.54 Å². The molecule has 0 bridgehead atoms. The molecule has 0 unspecified atom stereocenters. The normalized spacial score (nSPS) is 12.0. The molecule has 2 N–H and O–H groups in total. The summed E-state index contributed by atoms with van der Waals surface area (Å²) in [6, 6.07) is 3.29. The Bertz CT molecular complexity index is 790. The lowest BCUT2D eigenvalue weighted by atomic mass is 10.1. The minimum atomic E-state index is -4.64. The smallest absolute Gasteiger partial charge is 0.330 e. The molecule has 0 saturated carbocycles. The average Bonchev–Trinajstić information content (AvgIpc) is 2.43. The molecule has 0 radical (unpaired) electrons. The van der Waals surface area contributed by atoms with Gasteiger partial charge in [0.1, 0.15) is 0 Å². The van der Waals surface area contributed by atoms with E-state index < -0.39 is 28.5 Å². The first-order valence-corrected chi connectivity index (χ1v) is 6.29. The molecule has 0 aliphatic carbocycles. The molecule has 0 amide bonds. The van der Waals surface area contributed by atoms with Crippen LogP contribution in [0.1, 0.15) is 12.0 Å². The molecule has 0 fully saturated rings. The third-order valence-electron chi connectivity index (χ3n) is 3.26. The number of nitrogens with two attached hydrogens (primary N) is 1. The maximum Gasteiger partial charge on any atom is 0.418 e. The van der Waals surface area contributed by atoms with Gasteiger partial charge in [-0.3, -0.25) is 13.9 Å². The molecule has 0 atom stereocenters. The zero-order chi connectivity index (χ0) is 15.8. The lowest BCUT2D eigenvalue weighted by molar-refractivity contribution is -0.136. The molecule has 2 rings (SSSR count). The fourth-order valence-corrected chi connectivity index (χ4v) is 2.26. The van der Waals surface area contributed by atoms with Gasteiger partial charge in [0.05, 0.1) is 16.5 Å². The molecule has 0 spiro atoms. The Morgan fingerprint density at radius 3 is 2.48 bits per heavy atom. The highest BCUT2D eigenvalue weighted by Crippen LogP contribution is 2.33. The number of benzene rings is 1. The number of rotatable bonds is 3. The van der Waals surface area contributed by atoms with Crippen LogP contribution in [0.2, 0.25) is 0 Å². The van der Waals surface area contributed by atoms with E-state index in [4.69, 9.17) is 5.73 Å². The van der Waals surface area contributed by atoms with Crippen LogP contribution in [0.4, 0.5) is 13.2 Å². The van der Waals surface area contributed by atoms with Gasteiger partial charge in [-0.2, -0.15) is 13.2 Å². The molecule has 114 valence electrons. The van der Waals surface area contributed by atoms with Gasteiger partial charge in [-0.15, -0.1) is 0 Å². The minimum Gasteiger partial charge on any atom is -0.330 e. The van der Waals surface area contributed by atoms with Gasteiger partial charge in [-0.05, 0) is 25.1 Å². The van der Waals surface area contributed by atoms with E-state index in [0.717, 1.165) is 21.3 Å². The number of fused-ring (bicyclic) bond motifs is 1. The first kappa shape index (κ1) is 15.3. The Morgan fingerprint density at radius 1 is 1.24 bits per heavy atom. The summed E-state index contributed by atoms with van der Waals surface area (Å²) in [5, 5.41) is -0.135. The van der Waals surface area contributed by atoms with Crippen LogP contribution >= 0.6 is 0 Å². The standard InChI is InChI=1S/C13H14F3N3O2/c1-18-10-8(4-2-5-9(10)13(14,15)16)11(20)19(12(18)21)7-3-6-17/h2,4-5H,3,6-7,17H2,1H3. The molecule has 1 heterocycles. The number of aryl methyl sites for hydroxylation is 1. The summed E-state index contributed by atoms with van der Waals surface area (Å²) < 4.78 is 40.8. The summed E-state index contributed by atoms with van der Waals surface area (Å²) in [6.45, 7) is 0.352.